The van der Waals surface area contributed by atoms with Crippen LogP contribution in [0.2, 0.25) is 0 Å². The van der Waals surface area contributed by atoms with Crippen LogP contribution in [-0.2, 0) is 4.52 Å². The molecule has 0 heterocycles. The highest BCUT2D eigenvalue weighted by molar-refractivity contribution is 7.47. The van der Waals surface area contributed by atoms with Gasteiger partial charge in [-0.2, -0.15) is 0 Å². The maximum absolute atomic E-state index is 6.19. The first kappa shape index (κ1) is 26.4. The zero-order valence-corrected chi connectivity index (χ0v) is 20.3. The Morgan fingerprint density at radius 2 is 1.07 bits per heavy atom. The molecule has 0 radical (unpaired) electrons. The van der Waals surface area contributed by atoms with E-state index >= 15 is 0 Å². The minimum atomic E-state index is -0.800. The average Bonchev–Trinajstić information content (AvgIpc) is 2.75. The summed E-state index contributed by atoms with van der Waals surface area (Å²) in [4.78, 5) is 0. The van der Waals surface area contributed by atoms with Crippen molar-refractivity contribution in [3.8, 4) is 5.75 Å². The summed E-state index contributed by atoms with van der Waals surface area (Å²) in [5.41, 5.74) is 0. The van der Waals surface area contributed by atoms with E-state index in [4.69, 9.17) is 9.05 Å². The number of hydrogen-bond acceptors (Lipinski definition) is 2. The molecule has 1 rings (SSSR count). The van der Waals surface area contributed by atoms with E-state index in [0.29, 0.717) is 0 Å². The van der Waals surface area contributed by atoms with Crippen molar-refractivity contribution in [3.05, 3.63) is 30.3 Å². The van der Waals surface area contributed by atoms with Crippen LogP contribution >= 0.6 is 8.38 Å². The summed E-state index contributed by atoms with van der Waals surface area (Å²) in [5.74, 6) is 0.953. The third-order valence-corrected chi connectivity index (χ3v) is 6.94. The average molecular weight is 423 g/mol. The fourth-order valence-electron chi connectivity index (χ4n) is 3.51. The van der Waals surface area contributed by atoms with Crippen LogP contribution < -0.4 is 4.52 Å². The Morgan fingerprint density at radius 3 is 1.62 bits per heavy atom. The second-order valence-corrected chi connectivity index (χ2v) is 9.80. The molecule has 0 aliphatic carbocycles. The lowest BCUT2D eigenvalue weighted by Gasteiger charge is -2.18. The second-order valence-electron chi connectivity index (χ2n) is 8.24. The van der Waals surface area contributed by atoms with Crippen LogP contribution in [-0.4, -0.2) is 12.8 Å². The van der Waals surface area contributed by atoms with Crippen LogP contribution in [0.1, 0.15) is 117 Å². The lowest BCUT2D eigenvalue weighted by Crippen LogP contribution is -2.00. The molecule has 0 bridgehead atoms. The molecule has 0 amide bonds. The maximum atomic E-state index is 6.19. The number of rotatable bonds is 21. The van der Waals surface area contributed by atoms with Crippen molar-refractivity contribution in [2.75, 3.05) is 12.8 Å². The molecule has 168 valence electrons. The summed E-state index contributed by atoms with van der Waals surface area (Å²) in [6.07, 6.45) is 22.6. The van der Waals surface area contributed by atoms with Gasteiger partial charge in [-0.1, -0.05) is 122 Å². The van der Waals surface area contributed by atoms with Crippen LogP contribution in [0.5, 0.6) is 5.75 Å². The first-order valence-corrected chi connectivity index (χ1v) is 13.9. The standard InChI is InChI=1S/C26H47O2P/c1-3-5-7-9-11-13-15-20-24-27-29(28-26-22-18-17-19-23-26)25-21-16-14-12-10-8-6-4-2/h17-19,22-23H,3-16,20-21,24-25H2,1-2H3. The highest BCUT2D eigenvalue weighted by Gasteiger charge is 2.12. The van der Waals surface area contributed by atoms with E-state index in [9.17, 15) is 0 Å². The fourth-order valence-corrected chi connectivity index (χ4v) is 4.96. The molecule has 1 unspecified atom stereocenters. The lowest BCUT2D eigenvalue weighted by molar-refractivity contribution is 0.301. The quantitative estimate of drug-likeness (QED) is 0.145. The van der Waals surface area contributed by atoms with E-state index in [1.807, 2.05) is 30.3 Å². The van der Waals surface area contributed by atoms with Crippen molar-refractivity contribution < 1.29 is 9.05 Å². The van der Waals surface area contributed by atoms with Crippen molar-refractivity contribution in [2.45, 2.75) is 117 Å². The predicted molar refractivity (Wildman–Crippen MR) is 130 cm³/mol. The fraction of sp³-hybridized carbons (Fsp3) is 0.769. The van der Waals surface area contributed by atoms with Gasteiger partial charge in [0.2, 0.25) is 8.38 Å². The van der Waals surface area contributed by atoms with E-state index in [0.717, 1.165) is 18.5 Å². The van der Waals surface area contributed by atoms with Gasteiger partial charge >= 0.3 is 0 Å². The summed E-state index contributed by atoms with van der Waals surface area (Å²) in [7, 11) is -0.800. The van der Waals surface area contributed by atoms with Crippen LogP contribution in [0.15, 0.2) is 30.3 Å². The molecule has 0 fully saturated rings. The summed E-state index contributed by atoms with van der Waals surface area (Å²) in [6.45, 7) is 5.41. The highest BCUT2D eigenvalue weighted by atomic mass is 31.2. The molecule has 3 heteroatoms. The molecule has 0 aromatic heterocycles. The molecule has 0 spiro atoms. The van der Waals surface area contributed by atoms with Gasteiger partial charge in [-0.05, 0) is 25.0 Å². The normalized spacial score (nSPS) is 12.2. The lowest BCUT2D eigenvalue weighted by atomic mass is 10.1. The van der Waals surface area contributed by atoms with E-state index < -0.39 is 8.38 Å². The van der Waals surface area contributed by atoms with Crippen LogP contribution in [0.4, 0.5) is 0 Å². The van der Waals surface area contributed by atoms with Gasteiger partial charge in [-0.15, -0.1) is 0 Å². The third kappa shape index (κ3) is 16.8. The van der Waals surface area contributed by atoms with Crippen molar-refractivity contribution in [1.82, 2.24) is 0 Å². The zero-order chi connectivity index (χ0) is 20.8. The Hall–Kier alpha value is -0.590. The minimum Gasteiger partial charge on any atom is -0.447 e. The maximum Gasteiger partial charge on any atom is 0.230 e. The highest BCUT2D eigenvalue weighted by Crippen LogP contribution is 2.40. The number of unbranched alkanes of at least 4 members (excludes halogenated alkanes) is 14. The molecule has 0 aliphatic heterocycles. The second kappa shape index (κ2) is 20.7. The zero-order valence-electron chi connectivity index (χ0n) is 19.4. The van der Waals surface area contributed by atoms with Gasteiger partial charge in [-0.3, -0.25) is 0 Å². The van der Waals surface area contributed by atoms with Crippen LogP contribution in [0.25, 0.3) is 0 Å². The predicted octanol–water partition coefficient (Wildman–Crippen LogP) is 9.68. The SMILES string of the molecule is CCCCCCCCCCOP(CCCCCCCCCC)Oc1ccccc1. The van der Waals surface area contributed by atoms with Crippen LogP contribution in [0, 0.1) is 0 Å². The molecule has 29 heavy (non-hydrogen) atoms. The summed E-state index contributed by atoms with van der Waals surface area (Å²) in [5, 5.41) is 0. The van der Waals surface area contributed by atoms with Gasteiger partial charge in [0, 0.05) is 6.16 Å². The van der Waals surface area contributed by atoms with Crippen molar-refractivity contribution >= 4 is 8.38 Å². The number of hydrogen-bond donors (Lipinski definition) is 0. The Kier molecular flexibility index (Phi) is 18.9. The monoisotopic (exact) mass is 422 g/mol. The molecule has 1 aromatic rings. The summed E-state index contributed by atoms with van der Waals surface area (Å²) in [6, 6.07) is 10.2. The molecule has 1 atom stereocenters. The molecular formula is C26H47O2P. The number of para-hydroxylation sites is 1. The molecule has 0 saturated heterocycles. The van der Waals surface area contributed by atoms with Gasteiger partial charge in [-0.25, -0.2) is 0 Å². The molecule has 0 aliphatic rings. The van der Waals surface area contributed by atoms with Crippen molar-refractivity contribution in [1.29, 1.82) is 0 Å². The Morgan fingerprint density at radius 1 is 0.586 bits per heavy atom. The van der Waals surface area contributed by atoms with Crippen molar-refractivity contribution in [2.24, 2.45) is 0 Å². The molecule has 0 N–H and O–H groups in total. The Labute approximate surface area is 183 Å². The molecule has 0 saturated carbocycles. The molecule has 2 nitrogen and oxygen atoms in total. The van der Waals surface area contributed by atoms with Gasteiger partial charge in [0.15, 0.2) is 0 Å². The Balaban J connectivity index is 2.15. The summed E-state index contributed by atoms with van der Waals surface area (Å²) < 4.78 is 12.4. The largest absolute Gasteiger partial charge is 0.447 e. The van der Waals surface area contributed by atoms with Crippen molar-refractivity contribution in [3.63, 3.8) is 0 Å². The number of benzene rings is 1. The minimum absolute atomic E-state index is 0.800. The van der Waals surface area contributed by atoms with Crippen LogP contribution in [0.3, 0.4) is 0 Å². The smallest absolute Gasteiger partial charge is 0.230 e. The van der Waals surface area contributed by atoms with E-state index in [1.165, 1.54) is 103 Å². The van der Waals surface area contributed by atoms with E-state index in [1.54, 1.807) is 0 Å². The molecular weight excluding hydrogens is 375 g/mol. The Bertz CT molecular complexity index is 438. The van der Waals surface area contributed by atoms with E-state index in [2.05, 4.69) is 13.8 Å². The topological polar surface area (TPSA) is 18.5 Å². The van der Waals surface area contributed by atoms with Gasteiger partial charge in [0.1, 0.15) is 5.75 Å². The third-order valence-electron chi connectivity index (χ3n) is 5.38. The summed E-state index contributed by atoms with van der Waals surface area (Å²) >= 11 is 0. The van der Waals surface area contributed by atoms with E-state index in [-0.39, 0.29) is 0 Å². The van der Waals surface area contributed by atoms with Gasteiger partial charge < -0.3 is 9.05 Å². The molecule has 1 aromatic carbocycles. The first-order valence-electron chi connectivity index (χ1n) is 12.5. The van der Waals surface area contributed by atoms with Gasteiger partial charge in [0.05, 0.1) is 6.61 Å². The first-order chi connectivity index (χ1) is 14.4. The van der Waals surface area contributed by atoms with Gasteiger partial charge in [0.25, 0.3) is 0 Å².